The highest BCUT2D eigenvalue weighted by atomic mass is 35.5. The first-order chi connectivity index (χ1) is 11.1. The van der Waals surface area contributed by atoms with E-state index in [0.29, 0.717) is 18.5 Å². The Morgan fingerprint density at radius 3 is 2.67 bits per heavy atom. The van der Waals surface area contributed by atoms with E-state index in [0.717, 1.165) is 32.2 Å². The lowest BCUT2D eigenvalue weighted by Crippen LogP contribution is -2.54. The Morgan fingerprint density at radius 2 is 2.00 bits per heavy atom. The smallest absolute Gasteiger partial charge is 0.251 e. The molecule has 1 heterocycles. The van der Waals surface area contributed by atoms with Crippen LogP contribution in [0, 0.1) is 0 Å². The van der Waals surface area contributed by atoms with E-state index < -0.39 is 6.04 Å². The molecule has 1 aliphatic rings. The van der Waals surface area contributed by atoms with Gasteiger partial charge < -0.3 is 16.0 Å². The number of rotatable bonds is 6. The van der Waals surface area contributed by atoms with Gasteiger partial charge in [0.15, 0.2) is 0 Å². The van der Waals surface area contributed by atoms with E-state index in [9.17, 15) is 9.59 Å². The molecule has 0 spiro atoms. The molecule has 1 aromatic carbocycles. The van der Waals surface area contributed by atoms with E-state index in [1.807, 2.05) is 30.0 Å². The van der Waals surface area contributed by atoms with Crippen LogP contribution in [-0.2, 0) is 4.79 Å². The van der Waals surface area contributed by atoms with Crippen LogP contribution < -0.4 is 11.1 Å². The van der Waals surface area contributed by atoms with Crippen molar-refractivity contribution < 1.29 is 9.59 Å². The number of hydrogen-bond acceptors (Lipinski definition) is 3. The number of carbonyl (C=O) groups excluding carboxylic acids is 2. The molecule has 2 unspecified atom stereocenters. The molecule has 6 heteroatoms. The third kappa shape index (κ3) is 5.49. The number of likely N-dealkylation sites (tertiary alicyclic amines) is 1. The lowest BCUT2D eigenvalue weighted by Gasteiger charge is -2.37. The summed E-state index contributed by atoms with van der Waals surface area (Å²) < 4.78 is 0. The van der Waals surface area contributed by atoms with Crippen LogP contribution >= 0.6 is 12.4 Å². The minimum absolute atomic E-state index is 0. The van der Waals surface area contributed by atoms with Crippen molar-refractivity contribution in [3.63, 3.8) is 0 Å². The third-order valence-electron chi connectivity index (χ3n) is 4.36. The number of nitrogens with two attached hydrogens (primary N) is 1. The number of piperidine rings is 1. The summed E-state index contributed by atoms with van der Waals surface area (Å²) in [7, 11) is 0. The van der Waals surface area contributed by atoms with Crippen molar-refractivity contribution in [2.45, 2.75) is 51.1 Å². The van der Waals surface area contributed by atoms with Gasteiger partial charge in [0.2, 0.25) is 5.91 Å². The molecule has 0 aliphatic carbocycles. The van der Waals surface area contributed by atoms with Crippen molar-refractivity contribution in [2.75, 3.05) is 13.1 Å². The van der Waals surface area contributed by atoms with Crippen molar-refractivity contribution in [2.24, 2.45) is 5.73 Å². The summed E-state index contributed by atoms with van der Waals surface area (Å²) >= 11 is 0. The van der Waals surface area contributed by atoms with Crippen molar-refractivity contribution in [3.05, 3.63) is 35.9 Å². The van der Waals surface area contributed by atoms with Gasteiger partial charge in [0.1, 0.15) is 0 Å². The number of nitrogens with zero attached hydrogens (tertiary/aromatic N) is 1. The van der Waals surface area contributed by atoms with Crippen molar-refractivity contribution >= 4 is 24.2 Å². The van der Waals surface area contributed by atoms with Crippen LogP contribution in [0.15, 0.2) is 30.3 Å². The molecule has 1 aliphatic heterocycles. The topological polar surface area (TPSA) is 75.4 Å². The monoisotopic (exact) mass is 353 g/mol. The van der Waals surface area contributed by atoms with Gasteiger partial charge in [-0.1, -0.05) is 31.5 Å². The zero-order valence-electron chi connectivity index (χ0n) is 14.2. The second-order valence-corrected chi connectivity index (χ2v) is 6.15. The summed E-state index contributed by atoms with van der Waals surface area (Å²) in [5.74, 6) is -0.0769. The lowest BCUT2D eigenvalue weighted by atomic mass is 10.00. The quantitative estimate of drug-likeness (QED) is 0.824. The number of amides is 2. The molecule has 0 bridgehead atoms. The minimum Gasteiger partial charge on any atom is -0.350 e. The molecule has 24 heavy (non-hydrogen) atoms. The predicted molar refractivity (Wildman–Crippen MR) is 98.3 cm³/mol. The van der Waals surface area contributed by atoms with Crippen LogP contribution in [0.1, 0.15) is 49.4 Å². The maximum atomic E-state index is 12.5. The molecule has 2 rings (SSSR count). The van der Waals surface area contributed by atoms with Gasteiger partial charge >= 0.3 is 0 Å². The highest BCUT2D eigenvalue weighted by molar-refractivity contribution is 5.94. The van der Waals surface area contributed by atoms with E-state index in [2.05, 4.69) is 5.32 Å². The van der Waals surface area contributed by atoms with Crippen LogP contribution in [0.4, 0.5) is 0 Å². The van der Waals surface area contributed by atoms with Gasteiger partial charge in [0.05, 0.1) is 6.04 Å². The number of carbonyl (C=O) groups is 2. The highest BCUT2D eigenvalue weighted by Crippen LogP contribution is 2.18. The van der Waals surface area contributed by atoms with E-state index in [1.165, 1.54) is 0 Å². The molecule has 3 N–H and O–H groups in total. The molecular weight excluding hydrogens is 326 g/mol. The minimum atomic E-state index is -0.426. The normalized spacial score (nSPS) is 18.4. The fourth-order valence-corrected chi connectivity index (χ4v) is 3.05. The van der Waals surface area contributed by atoms with Gasteiger partial charge in [0, 0.05) is 24.7 Å². The third-order valence-corrected chi connectivity index (χ3v) is 4.36. The molecule has 0 saturated carbocycles. The van der Waals surface area contributed by atoms with Crippen LogP contribution in [0.5, 0.6) is 0 Å². The molecular formula is C18H28ClN3O2. The molecule has 0 radical (unpaired) electrons. The second-order valence-electron chi connectivity index (χ2n) is 6.15. The summed E-state index contributed by atoms with van der Waals surface area (Å²) in [6.07, 6.45) is 4.61. The molecule has 2 atom stereocenters. The van der Waals surface area contributed by atoms with Gasteiger partial charge in [0.25, 0.3) is 5.91 Å². The summed E-state index contributed by atoms with van der Waals surface area (Å²) in [6, 6.07) is 8.77. The van der Waals surface area contributed by atoms with Crippen molar-refractivity contribution in [3.8, 4) is 0 Å². The Hall–Kier alpha value is -1.59. The largest absolute Gasteiger partial charge is 0.350 e. The van der Waals surface area contributed by atoms with Crippen LogP contribution in [0.25, 0.3) is 0 Å². The van der Waals surface area contributed by atoms with E-state index in [-0.39, 0.29) is 30.3 Å². The Morgan fingerprint density at radius 1 is 1.29 bits per heavy atom. The first-order valence-corrected chi connectivity index (χ1v) is 8.52. The molecule has 134 valence electrons. The molecule has 5 nitrogen and oxygen atoms in total. The standard InChI is InChI=1S/C18H27N3O2.ClH/c1-2-8-16(19)18(23)21-12-7-6-11-15(21)13-20-17(22)14-9-4-3-5-10-14;/h3-5,9-10,15-16H,2,6-8,11-13,19H2,1H3,(H,20,22);1H. The van der Waals surface area contributed by atoms with Crippen molar-refractivity contribution in [1.29, 1.82) is 0 Å². The predicted octanol–water partition coefficient (Wildman–Crippen LogP) is 2.35. The Labute approximate surface area is 150 Å². The van der Waals surface area contributed by atoms with Gasteiger partial charge in [-0.2, -0.15) is 0 Å². The first-order valence-electron chi connectivity index (χ1n) is 8.52. The summed E-state index contributed by atoms with van der Waals surface area (Å²) in [6.45, 7) is 3.25. The molecule has 2 amide bonds. The number of nitrogens with one attached hydrogen (secondary N) is 1. The van der Waals surface area contributed by atoms with Gasteiger partial charge in [-0.3, -0.25) is 9.59 Å². The fourth-order valence-electron chi connectivity index (χ4n) is 3.05. The number of hydrogen-bond donors (Lipinski definition) is 2. The average molecular weight is 354 g/mol. The number of halogens is 1. The van der Waals surface area contributed by atoms with Crippen molar-refractivity contribution in [1.82, 2.24) is 10.2 Å². The second kappa shape index (κ2) is 10.3. The summed E-state index contributed by atoms with van der Waals surface area (Å²) in [5.41, 5.74) is 6.63. The maximum absolute atomic E-state index is 12.5. The van der Waals surface area contributed by atoms with Gasteiger partial charge in [-0.15, -0.1) is 12.4 Å². The Bertz CT molecular complexity index is 524. The van der Waals surface area contributed by atoms with Crippen LogP contribution in [-0.4, -0.2) is 41.9 Å². The van der Waals surface area contributed by atoms with Gasteiger partial charge in [-0.05, 0) is 37.8 Å². The highest BCUT2D eigenvalue weighted by Gasteiger charge is 2.29. The van der Waals surface area contributed by atoms with E-state index >= 15 is 0 Å². The van der Waals surface area contributed by atoms with Gasteiger partial charge in [-0.25, -0.2) is 0 Å². The average Bonchev–Trinajstić information content (AvgIpc) is 2.60. The molecule has 0 aromatic heterocycles. The maximum Gasteiger partial charge on any atom is 0.251 e. The molecule has 1 saturated heterocycles. The first kappa shape index (κ1) is 20.5. The fraction of sp³-hybridized carbons (Fsp3) is 0.556. The zero-order valence-corrected chi connectivity index (χ0v) is 15.1. The van der Waals surface area contributed by atoms with Crippen LogP contribution in [0.2, 0.25) is 0 Å². The lowest BCUT2D eigenvalue weighted by molar-refractivity contribution is -0.136. The Kier molecular flexibility index (Phi) is 8.79. The summed E-state index contributed by atoms with van der Waals surface area (Å²) in [4.78, 5) is 26.5. The van der Waals surface area contributed by atoms with E-state index in [4.69, 9.17) is 5.73 Å². The van der Waals surface area contributed by atoms with Crippen LogP contribution in [0.3, 0.4) is 0 Å². The molecule has 1 fully saturated rings. The number of benzene rings is 1. The van der Waals surface area contributed by atoms with E-state index in [1.54, 1.807) is 12.1 Å². The SMILES string of the molecule is CCCC(N)C(=O)N1CCCCC1CNC(=O)c1ccccc1.Cl. The Balaban J connectivity index is 0.00000288. The zero-order chi connectivity index (χ0) is 16.7. The molecule has 1 aromatic rings. The summed E-state index contributed by atoms with van der Waals surface area (Å²) in [5, 5.41) is 2.95.